The molecule has 1 aromatic rings. The average Bonchev–Trinajstić information content (AvgIpc) is 2.55. The molecule has 0 bridgehead atoms. The molecule has 1 heterocycles. The zero-order valence-electron chi connectivity index (χ0n) is 14.2. The number of para-hydroxylation sites is 1. The van der Waals surface area contributed by atoms with Crippen molar-refractivity contribution in [1.82, 2.24) is 5.32 Å². The van der Waals surface area contributed by atoms with Crippen molar-refractivity contribution in [2.24, 2.45) is 5.10 Å². The minimum Gasteiger partial charge on any atom is -0.481 e. The highest BCUT2D eigenvalue weighted by atomic mass is 16.5. The summed E-state index contributed by atoms with van der Waals surface area (Å²) in [5.74, 6) is -1.76. The number of anilines is 1. The van der Waals surface area contributed by atoms with Crippen molar-refractivity contribution in [2.75, 3.05) is 18.7 Å². The Morgan fingerprint density at radius 3 is 2.60 bits per heavy atom. The van der Waals surface area contributed by atoms with E-state index >= 15 is 0 Å². The normalized spacial score (nSPS) is 16.8. The summed E-state index contributed by atoms with van der Waals surface area (Å²) >= 11 is 0. The molecule has 0 saturated heterocycles. The van der Waals surface area contributed by atoms with E-state index in [2.05, 4.69) is 10.4 Å². The van der Waals surface area contributed by atoms with Gasteiger partial charge in [-0.05, 0) is 19.1 Å². The number of carbonyl (C=O) groups is 3. The number of nitrogens with zero attached hydrogens (tertiary/aromatic N) is 2. The Balaban J connectivity index is 2.20. The van der Waals surface area contributed by atoms with E-state index in [1.165, 1.54) is 12.1 Å². The number of methoxy groups -OCH3 is 1. The molecule has 1 atom stereocenters. The molecule has 1 aliphatic rings. The number of carboxylic acid groups (broad SMARTS) is 1. The number of carboxylic acids is 1. The number of hydrogen-bond donors (Lipinski definition) is 2. The minimum atomic E-state index is -1.07. The first-order valence-corrected chi connectivity index (χ1v) is 7.83. The van der Waals surface area contributed by atoms with E-state index in [-0.39, 0.29) is 37.5 Å². The zero-order chi connectivity index (χ0) is 18.4. The molecule has 8 nitrogen and oxygen atoms in total. The first kappa shape index (κ1) is 18.6. The third-order valence-electron chi connectivity index (χ3n) is 3.72. The van der Waals surface area contributed by atoms with Crippen LogP contribution < -0.4 is 10.3 Å². The standard InChI is InChI=1S/C17H21N3O5/c1-17(11-25-2,10-15(22)23)18-16(24)13-8-9-14(21)20(19-13)12-6-4-3-5-7-12/h3-7H,8-11H2,1-2H3,(H,18,24)(H,22,23). The van der Waals surface area contributed by atoms with Crippen molar-refractivity contribution in [3.8, 4) is 0 Å². The number of hydrazone groups is 1. The number of nitrogens with one attached hydrogen (secondary N) is 1. The van der Waals surface area contributed by atoms with Crippen molar-refractivity contribution in [3.05, 3.63) is 30.3 Å². The number of amides is 2. The van der Waals surface area contributed by atoms with Gasteiger partial charge in [0, 0.05) is 20.0 Å². The van der Waals surface area contributed by atoms with Gasteiger partial charge in [0.05, 0.1) is 24.3 Å². The molecule has 1 unspecified atom stereocenters. The number of benzene rings is 1. The van der Waals surface area contributed by atoms with Crippen LogP contribution in [0.2, 0.25) is 0 Å². The Bertz CT molecular complexity index is 689. The fourth-order valence-electron chi connectivity index (χ4n) is 2.62. The van der Waals surface area contributed by atoms with E-state index < -0.39 is 17.4 Å². The van der Waals surface area contributed by atoms with E-state index in [1.807, 2.05) is 6.07 Å². The quantitative estimate of drug-likeness (QED) is 0.769. The lowest BCUT2D eigenvalue weighted by Crippen LogP contribution is -2.53. The van der Waals surface area contributed by atoms with Crippen LogP contribution in [0.5, 0.6) is 0 Å². The summed E-state index contributed by atoms with van der Waals surface area (Å²) < 4.78 is 5.02. The van der Waals surface area contributed by atoms with Gasteiger partial charge in [-0.1, -0.05) is 18.2 Å². The number of aliphatic carboxylic acids is 1. The zero-order valence-corrected chi connectivity index (χ0v) is 14.2. The molecule has 8 heteroatoms. The monoisotopic (exact) mass is 347 g/mol. The molecule has 0 fully saturated rings. The fraction of sp³-hybridized carbons (Fsp3) is 0.412. The van der Waals surface area contributed by atoms with Gasteiger partial charge in [0.25, 0.3) is 5.91 Å². The lowest BCUT2D eigenvalue weighted by atomic mass is 9.98. The third-order valence-corrected chi connectivity index (χ3v) is 3.72. The van der Waals surface area contributed by atoms with E-state index in [1.54, 1.807) is 31.2 Å². The Labute approximate surface area is 145 Å². The smallest absolute Gasteiger partial charge is 0.305 e. The maximum atomic E-state index is 12.5. The molecular formula is C17H21N3O5. The van der Waals surface area contributed by atoms with Gasteiger partial charge in [-0.3, -0.25) is 14.4 Å². The fourth-order valence-corrected chi connectivity index (χ4v) is 2.62. The first-order valence-electron chi connectivity index (χ1n) is 7.83. The van der Waals surface area contributed by atoms with Gasteiger partial charge in [-0.25, -0.2) is 5.01 Å². The molecule has 2 N–H and O–H groups in total. The predicted molar refractivity (Wildman–Crippen MR) is 91.3 cm³/mol. The Morgan fingerprint density at radius 2 is 2.00 bits per heavy atom. The number of rotatable bonds is 7. The Kier molecular flexibility index (Phi) is 5.87. The minimum absolute atomic E-state index is 0.0413. The van der Waals surface area contributed by atoms with Crippen LogP contribution in [0.1, 0.15) is 26.2 Å². The Morgan fingerprint density at radius 1 is 1.32 bits per heavy atom. The second kappa shape index (κ2) is 7.89. The second-order valence-corrected chi connectivity index (χ2v) is 6.11. The highest BCUT2D eigenvalue weighted by Crippen LogP contribution is 2.20. The maximum absolute atomic E-state index is 12.5. The van der Waals surface area contributed by atoms with Crippen LogP contribution in [0.4, 0.5) is 5.69 Å². The van der Waals surface area contributed by atoms with E-state index in [4.69, 9.17) is 9.84 Å². The van der Waals surface area contributed by atoms with Crippen molar-refractivity contribution in [3.63, 3.8) is 0 Å². The van der Waals surface area contributed by atoms with Gasteiger partial charge < -0.3 is 15.2 Å². The summed E-state index contributed by atoms with van der Waals surface area (Å²) in [4.78, 5) is 35.6. The lowest BCUT2D eigenvalue weighted by Gasteiger charge is -2.30. The molecule has 0 saturated carbocycles. The third kappa shape index (κ3) is 4.87. The summed E-state index contributed by atoms with van der Waals surface area (Å²) in [7, 11) is 1.43. The van der Waals surface area contributed by atoms with Gasteiger partial charge in [0.1, 0.15) is 5.71 Å². The summed E-state index contributed by atoms with van der Waals surface area (Å²) in [6.07, 6.45) is 0.0619. The van der Waals surface area contributed by atoms with Crippen LogP contribution in [0.15, 0.2) is 35.4 Å². The largest absolute Gasteiger partial charge is 0.481 e. The summed E-state index contributed by atoms with van der Waals surface area (Å²) in [5.41, 5.74) is -0.321. The van der Waals surface area contributed by atoms with Gasteiger partial charge in [0.2, 0.25) is 5.91 Å². The number of hydrogen-bond acceptors (Lipinski definition) is 5. The topological polar surface area (TPSA) is 108 Å². The SMILES string of the molecule is COCC(C)(CC(=O)O)NC(=O)C1=NN(c2ccccc2)C(=O)CC1. The molecule has 134 valence electrons. The van der Waals surface area contributed by atoms with Gasteiger partial charge in [0.15, 0.2) is 0 Å². The van der Waals surface area contributed by atoms with Crippen LogP contribution >= 0.6 is 0 Å². The predicted octanol–water partition coefficient (Wildman–Crippen LogP) is 1.17. The van der Waals surface area contributed by atoms with Crippen molar-refractivity contribution in [2.45, 2.75) is 31.7 Å². The van der Waals surface area contributed by atoms with Gasteiger partial charge in [-0.15, -0.1) is 0 Å². The number of carbonyl (C=O) groups excluding carboxylic acids is 2. The second-order valence-electron chi connectivity index (χ2n) is 6.11. The Hall–Kier alpha value is -2.74. The molecule has 2 amide bonds. The van der Waals surface area contributed by atoms with Crippen LogP contribution in [-0.4, -0.2) is 47.9 Å². The van der Waals surface area contributed by atoms with Crippen molar-refractivity contribution < 1.29 is 24.2 Å². The van der Waals surface area contributed by atoms with E-state index in [0.717, 1.165) is 0 Å². The molecular weight excluding hydrogens is 326 g/mol. The van der Waals surface area contributed by atoms with Gasteiger partial charge in [-0.2, -0.15) is 5.10 Å². The van der Waals surface area contributed by atoms with Crippen molar-refractivity contribution >= 4 is 29.2 Å². The van der Waals surface area contributed by atoms with E-state index in [9.17, 15) is 14.4 Å². The van der Waals surface area contributed by atoms with E-state index in [0.29, 0.717) is 5.69 Å². The summed E-state index contributed by atoms with van der Waals surface area (Å²) in [6.45, 7) is 1.63. The van der Waals surface area contributed by atoms with Crippen LogP contribution in [0.25, 0.3) is 0 Å². The maximum Gasteiger partial charge on any atom is 0.305 e. The molecule has 2 rings (SSSR count). The molecule has 0 spiro atoms. The molecule has 0 aromatic heterocycles. The molecule has 1 aromatic carbocycles. The summed E-state index contributed by atoms with van der Waals surface area (Å²) in [5, 5.41) is 17.1. The summed E-state index contributed by atoms with van der Waals surface area (Å²) in [6, 6.07) is 8.81. The highest BCUT2D eigenvalue weighted by molar-refractivity contribution is 6.40. The molecule has 1 aliphatic heterocycles. The van der Waals surface area contributed by atoms with Crippen LogP contribution in [0.3, 0.4) is 0 Å². The highest BCUT2D eigenvalue weighted by Gasteiger charge is 2.33. The molecule has 25 heavy (non-hydrogen) atoms. The van der Waals surface area contributed by atoms with Crippen molar-refractivity contribution in [1.29, 1.82) is 0 Å². The number of ether oxygens (including phenoxy) is 1. The average molecular weight is 347 g/mol. The molecule has 0 radical (unpaired) electrons. The van der Waals surface area contributed by atoms with Crippen LogP contribution in [0, 0.1) is 0 Å². The molecule has 0 aliphatic carbocycles. The van der Waals surface area contributed by atoms with Gasteiger partial charge >= 0.3 is 5.97 Å². The van der Waals surface area contributed by atoms with Crippen LogP contribution in [-0.2, 0) is 19.1 Å². The first-order chi connectivity index (χ1) is 11.8. The lowest BCUT2D eigenvalue weighted by molar-refractivity contribution is -0.139.